The maximum absolute atomic E-state index is 12.0. The number of rotatable bonds is 5. The largest absolute Gasteiger partial charge is 0.460 e. The van der Waals surface area contributed by atoms with Gasteiger partial charge in [0.1, 0.15) is 12.3 Å². The molecule has 0 unspecified atom stereocenters. The van der Waals surface area contributed by atoms with Gasteiger partial charge in [-0.05, 0) is 45.8 Å². The molecule has 0 radical (unpaired) electrons. The Labute approximate surface area is 114 Å². The molecule has 2 heterocycles. The molecular weight excluding hydrogens is 242 g/mol. The fourth-order valence-electron chi connectivity index (χ4n) is 2.44. The van der Waals surface area contributed by atoms with Gasteiger partial charge in [-0.15, -0.1) is 0 Å². The average Bonchev–Trinajstić information content (AvgIpc) is 2.98. The average molecular weight is 265 g/mol. The second-order valence-corrected chi connectivity index (χ2v) is 5.34. The van der Waals surface area contributed by atoms with Gasteiger partial charge in [-0.2, -0.15) is 0 Å². The molecule has 0 aromatic carbocycles. The van der Waals surface area contributed by atoms with Crippen LogP contribution in [0.4, 0.5) is 5.69 Å². The molecule has 0 bridgehead atoms. The van der Waals surface area contributed by atoms with Crippen molar-refractivity contribution in [3.8, 4) is 0 Å². The van der Waals surface area contributed by atoms with Crippen LogP contribution in [0.2, 0.25) is 0 Å². The lowest BCUT2D eigenvalue weighted by atomic mass is 10.3. The summed E-state index contributed by atoms with van der Waals surface area (Å²) in [4.78, 5) is 14.4. The highest BCUT2D eigenvalue weighted by Crippen LogP contribution is 2.17. The van der Waals surface area contributed by atoms with E-state index in [1.165, 1.54) is 12.8 Å². The van der Waals surface area contributed by atoms with Crippen molar-refractivity contribution in [2.45, 2.75) is 32.7 Å². The molecule has 0 spiro atoms. The lowest BCUT2D eigenvalue weighted by Crippen LogP contribution is -2.25. The lowest BCUT2D eigenvalue weighted by Gasteiger charge is -2.15. The van der Waals surface area contributed by atoms with E-state index in [4.69, 9.17) is 10.5 Å². The number of nitrogens with two attached hydrogens (primary N) is 1. The first-order chi connectivity index (χ1) is 9.08. The minimum Gasteiger partial charge on any atom is -0.460 e. The summed E-state index contributed by atoms with van der Waals surface area (Å²) in [6.07, 6.45) is 4.28. The monoisotopic (exact) mass is 265 g/mol. The van der Waals surface area contributed by atoms with Crippen LogP contribution in [0.15, 0.2) is 12.3 Å². The summed E-state index contributed by atoms with van der Waals surface area (Å²) in [6.45, 7) is 7.53. The smallest absolute Gasteiger partial charge is 0.355 e. The predicted octanol–water partition coefficient (Wildman–Crippen LogP) is 1.90. The number of anilines is 1. The Hall–Kier alpha value is -1.49. The van der Waals surface area contributed by atoms with Gasteiger partial charge in [-0.3, -0.25) is 4.90 Å². The Morgan fingerprint density at radius 2 is 2.11 bits per heavy atom. The van der Waals surface area contributed by atoms with Crippen molar-refractivity contribution < 1.29 is 9.53 Å². The Bertz CT molecular complexity index is 434. The summed E-state index contributed by atoms with van der Waals surface area (Å²) in [5, 5.41) is 0. The van der Waals surface area contributed by atoms with Gasteiger partial charge in [-0.25, -0.2) is 4.79 Å². The third-order valence-corrected chi connectivity index (χ3v) is 3.47. The molecule has 0 aliphatic carbocycles. The number of carbonyl (C=O) groups is 1. The Morgan fingerprint density at radius 3 is 2.74 bits per heavy atom. The van der Waals surface area contributed by atoms with Crippen LogP contribution < -0.4 is 5.73 Å². The molecule has 1 aliphatic rings. The van der Waals surface area contributed by atoms with Crippen molar-refractivity contribution in [2.75, 3.05) is 32.0 Å². The fourth-order valence-corrected chi connectivity index (χ4v) is 2.44. The number of likely N-dealkylation sites (tertiary alicyclic amines) is 1. The van der Waals surface area contributed by atoms with E-state index < -0.39 is 0 Å². The van der Waals surface area contributed by atoms with Crippen molar-refractivity contribution in [3.05, 3.63) is 18.0 Å². The van der Waals surface area contributed by atoms with Gasteiger partial charge in [-0.1, -0.05) is 0 Å². The van der Waals surface area contributed by atoms with Crippen LogP contribution in [0, 0.1) is 0 Å². The minimum atomic E-state index is -0.287. The number of aromatic nitrogens is 1. The molecule has 0 atom stereocenters. The van der Waals surface area contributed by atoms with Crippen molar-refractivity contribution >= 4 is 11.7 Å². The van der Waals surface area contributed by atoms with Gasteiger partial charge in [0.2, 0.25) is 0 Å². The second kappa shape index (κ2) is 6.10. The predicted molar refractivity (Wildman–Crippen MR) is 75.2 cm³/mol. The second-order valence-electron chi connectivity index (χ2n) is 5.34. The topological polar surface area (TPSA) is 60.5 Å². The number of hydrogen-bond acceptors (Lipinski definition) is 4. The van der Waals surface area contributed by atoms with Crippen molar-refractivity contribution in [1.82, 2.24) is 9.47 Å². The highest BCUT2D eigenvalue weighted by molar-refractivity contribution is 5.89. The molecule has 5 nitrogen and oxygen atoms in total. The Balaban J connectivity index is 1.88. The molecule has 2 rings (SSSR count). The Morgan fingerprint density at radius 1 is 1.42 bits per heavy atom. The molecule has 1 fully saturated rings. The van der Waals surface area contributed by atoms with Crippen molar-refractivity contribution in [3.63, 3.8) is 0 Å². The van der Waals surface area contributed by atoms with E-state index in [-0.39, 0.29) is 12.0 Å². The third kappa shape index (κ3) is 3.50. The molecule has 2 N–H and O–H groups in total. The molecule has 1 saturated heterocycles. The summed E-state index contributed by atoms with van der Waals surface area (Å²) >= 11 is 0. The fraction of sp³-hybridized carbons (Fsp3) is 0.643. The van der Waals surface area contributed by atoms with E-state index in [0.29, 0.717) is 18.0 Å². The van der Waals surface area contributed by atoms with E-state index in [1.807, 2.05) is 18.4 Å². The van der Waals surface area contributed by atoms with Gasteiger partial charge in [0.15, 0.2) is 0 Å². The number of esters is 1. The molecular formula is C14H23N3O2. The van der Waals surface area contributed by atoms with Gasteiger partial charge < -0.3 is 15.0 Å². The molecule has 0 saturated carbocycles. The van der Waals surface area contributed by atoms with E-state index in [9.17, 15) is 4.79 Å². The number of nitrogens with zero attached hydrogens (tertiary/aromatic N) is 2. The van der Waals surface area contributed by atoms with Gasteiger partial charge in [0.05, 0.1) is 5.69 Å². The summed E-state index contributed by atoms with van der Waals surface area (Å²) in [6, 6.07) is 1.87. The van der Waals surface area contributed by atoms with Crippen LogP contribution >= 0.6 is 0 Å². The normalized spacial score (nSPS) is 16.2. The number of hydrogen-bond donors (Lipinski definition) is 1. The summed E-state index contributed by atoms with van der Waals surface area (Å²) in [5.74, 6) is -0.287. The Kier molecular flexibility index (Phi) is 4.47. The van der Waals surface area contributed by atoms with Crippen LogP contribution in [0.5, 0.6) is 0 Å². The van der Waals surface area contributed by atoms with Crippen molar-refractivity contribution in [2.24, 2.45) is 0 Å². The third-order valence-electron chi connectivity index (χ3n) is 3.47. The number of ether oxygens (including phenoxy) is 1. The maximum Gasteiger partial charge on any atom is 0.355 e. The quantitative estimate of drug-likeness (QED) is 0.826. The highest BCUT2D eigenvalue weighted by Gasteiger charge is 2.17. The summed E-state index contributed by atoms with van der Waals surface area (Å²) < 4.78 is 7.19. The van der Waals surface area contributed by atoms with Crippen LogP contribution in [0.25, 0.3) is 0 Å². The van der Waals surface area contributed by atoms with Gasteiger partial charge in [0, 0.05) is 18.8 Å². The molecule has 19 heavy (non-hydrogen) atoms. The highest BCUT2D eigenvalue weighted by atomic mass is 16.5. The zero-order valence-electron chi connectivity index (χ0n) is 11.8. The van der Waals surface area contributed by atoms with E-state index >= 15 is 0 Å². The number of carbonyl (C=O) groups excluding carboxylic acids is 1. The first-order valence-corrected chi connectivity index (χ1v) is 6.95. The molecule has 1 aliphatic heterocycles. The lowest BCUT2D eigenvalue weighted by molar-refractivity contribution is 0.0458. The molecule has 1 aromatic heterocycles. The molecule has 106 valence electrons. The molecule has 1 aromatic rings. The van der Waals surface area contributed by atoms with Gasteiger partial charge in [0.25, 0.3) is 0 Å². The zero-order chi connectivity index (χ0) is 13.8. The van der Waals surface area contributed by atoms with Crippen molar-refractivity contribution in [1.29, 1.82) is 0 Å². The van der Waals surface area contributed by atoms with E-state index in [2.05, 4.69) is 4.90 Å². The summed E-state index contributed by atoms with van der Waals surface area (Å²) in [7, 11) is 0. The molecule has 0 amide bonds. The van der Waals surface area contributed by atoms with Crippen LogP contribution in [0.1, 0.15) is 43.2 Å². The zero-order valence-corrected chi connectivity index (χ0v) is 11.8. The minimum absolute atomic E-state index is 0.193. The van der Waals surface area contributed by atoms with E-state index in [1.54, 1.807) is 12.3 Å². The van der Waals surface area contributed by atoms with Gasteiger partial charge >= 0.3 is 5.97 Å². The van der Waals surface area contributed by atoms with Crippen LogP contribution in [0.3, 0.4) is 0 Å². The first-order valence-electron chi connectivity index (χ1n) is 6.95. The summed E-state index contributed by atoms with van der Waals surface area (Å²) in [5.41, 5.74) is 6.88. The van der Waals surface area contributed by atoms with E-state index in [0.717, 1.165) is 19.6 Å². The number of nitrogen functional groups attached to an aromatic ring is 1. The van der Waals surface area contributed by atoms with Crippen LogP contribution in [-0.2, 0) is 4.74 Å². The van der Waals surface area contributed by atoms with Crippen LogP contribution in [-0.4, -0.2) is 41.7 Å². The maximum atomic E-state index is 12.0. The standard InChI is InChI=1S/C14H23N3O2/c1-11(2)17-10-12(15)9-13(17)14(18)19-8-7-16-5-3-4-6-16/h9-11H,3-8,15H2,1-2H3. The first kappa shape index (κ1) is 13.9. The molecule has 5 heteroatoms. The SMILES string of the molecule is CC(C)n1cc(N)cc1C(=O)OCCN1CCCC1.